The summed E-state index contributed by atoms with van der Waals surface area (Å²) < 4.78 is 5.00. The molecule has 1 fully saturated rings. The van der Waals surface area contributed by atoms with E-state index in [1.807, 2.05) is 24.4 Å². The summed E-state index contributed by atoms with van der Waals surface area (Å²) in [5, 5.41) is 1.06. The van der Waals surface area contributed by atoms with Gasteiger partial charge in [-0.05, 0) is 47.4 Å². The number of amides is 1. The fraction of sp³-hybridized carbons (Fsp3) is 0.273. The summed E-state index contributed by atoms with van der Waals surface area (Å²) in [6, 6.07) is 14.3. The van der Waals surface area contributed by atoms with Crippen LogP contribution >= 0.6 is 11.3 Å². The molecule has 29 heavy (non-hydrogen) atoms. The molecule has 0 bridgehead atoms. The molecule has 0 atom stereocenters. The smallest absolute Gasteiger partial charge is 0.414 e. The Kier molecular flexibility index (Phi) is 4.60. The summed E-state index contributed by atoms with van der Waals surface area (Å²) in [6.07, 6.45) is 3.56. The number of cyclic esters (lactones) is 1. The largest absolute Gasteiger partial charge is 0.447 e. The van der Waals surface area contributed by atoms with Crippen LogP contribution in [0.25, 0.3) is 0 Å². The third-order valence-corrected chi connectivity index (χ3v) is 6.50. The summed E-state index contributed by atoms with van der Waals surface area (Å²) in [5.41, 5.74) is 11.5. The lowest BCUT2D eigenvalue weighted by Gasteiger charge is -2.28. The average Bonchev–Trinajstić information content (AvgIpc) is 3.37. The molecule has 2 aromatic carbocycles. The van der Waals surface area contributed by atoms with Gasteiger partial charge in [0.25, 0.3) is 0 Å². The lowest BCUT2D eigenvalue weighted by atomic mass is 9.99. The highest BCUT2D eigenvalue weighted by atomic mass is 32.1. The first-order chi connectivity index (χ1) is 14.2. The van der Waals surface area contributed by atoms with Crippen LogP contribution in [0, 0.1) is 0 Å². The fourth-order valence-electron chi connectivity index (χ4n) is 3.89. The Morgan fingerprint density at radius 3 is 2.76 bits per heavy atom. The third-order valence-electron chi connectivity index (χ3n) is 5.44. The molecule has 0 spiro atoms. The molecule has 1 amide bonds. The molecule has 7 heteroatoms. The van der Waals surface area contributed by atoms with Crippen molar-refractivity contribution in [3.8, 4) is 0 Å². The van der Waals surface area contributed by atoms with Gasteiger partial charge in [0, 0.05) is 42.0 Å². The standard InChI is InChI=1S/C22H22N4O2S/c23-18-4-3-16-7-8-25(14-17(16)12-18)21-24-13-20(29-21)11-15-1-5-19(6-2-15)26-9-10-28-22(26)27/h1-6,12-13H,7-11,14,23H2. The van der Waals surface area contributed by atoms with Crippen molar-refractivity contribution in [1.82, 2.24) is 4.98 Å². The Morgan fingerprint density at radius 1 is 1.10 bits per heavy atom. The van der Waals surface area contributed by atoms with E-state index in [0.717, 1.165) is 42.4 Å². The molecule has 1 aromatic heterocycles. The van der Waals surface area contributed by atoms with Crippen LogP contribution in [-0.2, 0) is 24.1 Å². The van der Waals surface area contributed by atoms with Gasteiger partial charge in [0.2, 0.25) is 0 Å². The van der Waals surface area contributed by atoms with Crippen molar-refractivity contribution in [3.05, 3.63) is 70.2 Å². The highest BCUT2D eigenvalue weighted by Crippen LogP contribution is 2.30. The van der Waals surface area contributed by atoms with Crippen LogP contribution in [0.5, 0.6) is 0 Å². The number of hydrogen-bond acceptors (Lipinski definition) is 6. The quantitative estimate of drug-likeness (QED) is 0.667. The van der Waals surface area contributed by atoms with Crippen LogP contribution in [0.4, 0.5) is 21.3 Å². The molecule has 0 unspecified atom stereocenters. The number of carbonyl (C=O) groups is 1. The highest BCUT2D eigenvalue weighted by Gasteiger charge is 2.23. The SMILES string of the molecule is Nc1ccc2c(c1)CN(c1ncc(Cc3ccc(N4CCOC4=O)cc3)s1)CC2. The van der Waals surface area contributed by atoms with Crippen molar-refractivity contribution in [2.75, 3.05) is 35.2 Å². The van der Waals surface area contributed by atoms with Crippen LogP contribution in [0.1, 0.15) is 21.6 Å². The monoisotopic (exact) mass is 406 g/mol. The van der Waals surface area contributed by atoms with Crippen molar-refractivity contribution < 1.29 is 9.53 Å². The predicted octanol–water partition coefficient (Wildman–Crippen LogP) is 3.84. The molecule has 0 aliphatic carbocycles. The number of ether oxygens (including phenoxy) is 1. The van der Waals surface area contributed by atoms with E-state index in [1.54, 1.807) is 16.2 Å². The van der Waals surface area contributed by atoms with Gasteiger partial charge < -0.3 is 15.4 Å². The van der Waals surface area contributed by atoms with Gasteiger partial charge in [-0.1, -0.05) is 18.2 Å². The van der Waals surface area contributed by atoms with Crippen molar-refractivity contribution in [2.45, 2.75) is 19.4 Å². The topological polar surface area (TPSA) is 71.7 Å². The maximum absolute atomic E-state index is 11.7. The average molecular weight is 407 g/mol. The minimum atomic E-state index is -0.269. The summed E-state index contributed by atoms with van der Waals surface area (Å²) in [4.78, 5) is 21.6. The van der Waals surface area contributed by atoms with Gasteiger partial charge in [0.1, 0.15) is 6.61 Å². The molecule has 5 rings (SSSR count). The lowest BCUT2D eigenvalue weighted by Crippen LogP contribution is -2.30. The minimum absolute atomic E-state index is 0.269. The van der Waals surface area contributed by atoms with Gasteiger partial charge in [-0.25, -0.2) is 9.78 Å². The Bertz CT molecular complexity index is 1050. The first-order valence-electron chi connectivity index (χ1n) is 9.76. The molecule has 0 radical (unpaired) electrons. The van der Waals surface area contributed by atoms with Crippen LogP contribution < -0.4 is 15.5 Å². The molecule has 3 heterocycles. The van der Waals surface area contributed by atoms with E-state index in [-0.39, 0.29) is 6.09 Å². The van der Waals surface area contributed by atoms with Crippen LogP contribution in [0.15, 0.2) is 48.7 Å². The number of nitrogens with zero attached hydrogens (tertiary/aromatic N) is 3. The summed E-state index contributed by atoms with van der Waals surface area (Å²) in [6.45, 7) is 2.90. The van der Waals surface area contributed by atoms with E-state index in [9.17, 15) is 4.79 Å². The fourth-order valence-corrected chi connectivity index (χ4v) is 4.86. The summed E-state index contributed by atoms with van der Waals surface area (Å²) in [5.74, 6) is 0. The van der Waals surface area contributed by atoms with E-state index < -0.39 is 0 Å². The second kappa shape index (κ2) is 7.40. The first-order valence-corrected chi connectivity index (χ1v) is 10.6. The van der Waals surface area contributed by atoms with E-state index in [0.29, 0.717) is 13.2 Å². The molecule has 2 N–H and O–H groups in total. The summed E-state index contributed by atoms with van der Waals surface area (Å²) >= 11 is 1.74. The Labute approximate surface area is 173 Å². The Morgan fingerprint density at radius 2 is 1.97 bits per heavy atom. The first kappa shape index (κ1) is 18.0. The zero-order chi connectivity index (χ0) is 19.8. The number of hydrogen-bond donors (Lipinski definition) is 1. The van der Waals surface area contributed by atoms with E-state index in [1.165, 1.54) is 21.6 Å². The molecular formula is C22H22N4O2S. The van der Waals surface area contributed by atoms with Crippen molar-refractivity contribution in [1.29, 1.82) is 0 Å². The number of nitrogens with two attached hydrogens (primary N) is 1. The number of nitrogen functional groups attached to an aromatic ring is 1. The second-order valence-electron chi connectivity index (χ2n) is 7.42. The molecule has 3 aromatic rings. The van der Waals surface area contributed by atoms with Gasteiger partial charge in [0.15, 0.2) is 5.13 Å². The number of thiazole rings is 1. The minimum Gasteiger partial charge on any atom is -0.447 e. The van der Waals surface area contributed by atoms with E-state index >= 15 is 0 Å². The third kappa shape index (κ3) is 3.65. The molecule has 2 aliphatic heterocycles. The van der Waals surface area contributed by atoms with E-state index in [2.05, 4.69) is 34.1 Å². The van der Waals surface area contributed by atoms with Gasteiger partial charge in [-0.2, -0.15) is 0 Å². The maximum atomic E-state index is 11.7. The van der Waals surface area contributed by atoms with Crippen molar-refractivity contribution in [3.63, 3.8) is 0 Å². The number of fused-ring (bicyclic) bond motifs is 1. The predicted molar refractivity (Wildman–Crippen MR) is 116 cm³/mol. The molecule has 0 saturated carbocycles. The van der Waals surface area contributed by atoms with Crippen LogP contribution in [-0.4, -0.2) is 30.8 Å². The lowest BCUT2D eigenvalue weighted by molar-refractivity contribution is 0.181. The van der Waals surface area contributed by atoms with Gasteiger partial charge in [0.05, 0.1) is 6.54 Å². The normalized spacial score (nSPS) is 16.1. The second-order valence-corrected chi connectivity index (χ2v) is 8.51. The number of aromatic nitrogens is 1. The van der Waals surface area contributed by atoms with Crippen molar-refractivity contribution in [2.24, 2.45) is 0 Å². The molecule has 148 valence electrons. The van der Waals surface area contributed by atoms with Gasteiger partial charge >= 0.3 is 6.09 Å². The number of rotatable bonds is 4. The van der Waals surface area contributed by atoms with E-state index in [4.69, 9.17) is 10.5 Å². The Balaban J connectivity index is 1.26. The van der Waals surface area contributed by atoms with Crippen molar-refractivity contribution >= 4 is 33.9 Å². The highest BCUT2D eigenvalue weighted by molar-refractivity contribution is 7.15. The number of benzene rings is 2. The van der Waals surface area contributed by atoms with Crippen LogP contribution in [0.3, 0.4) is 0 Å². The Hall–Kier alpha value is -3.06. The number of anilines is 3. The summed E-state index contributed by atoms with van der Waals surface area (Å²) in [7, 11) is 0. The van der Waals surface area contributed by atoms with Gasteiger partial charge in [-0.3, -0.25) is 4.90 Å². The molecule has 1 saturated heterocycles. The molecular weight excluding hydrogens is 384 g/mol. The molecule has 6 nitrogen and oxygen atoms in total. The zero-order valence-corrected chi connectivity index (χ0v) is 16.8. The zero-order valence-electron chi connectivity index (χ0n) is 16.0. The van der Waals surface area contributed by atoms with Crippen LogP contribution in [0.2, 0.25) is 0 Å². The maximum Gasteiger partial charge on any atom is 0.414 e. The number of carbonyl (C=O) groups excluding carboxylic acids is 1. The van der Waals surface area contributed by atoms with Gasteiger partial charge in [-0.15, -0.1) is 11.3 Å². The molecule has 2 aliphatic rings.